The Kier molecular flexibility index (Phi) is 2.17. The zero-order valence-corrected chi connectivity index (χ0v) is 9.27. The molecule has 1 aliphatic carbocycles. The molecule has 0 bridgehead atoms. The number of aromatic nitrogens is 1. The van der Waals surface area contributed by atoms with Gasteiger partial charge in [-0.1, -0.05) is 11.6 Å². The minimum Gasteiger partial charge on any atom is -0.366 e. The van der Waals surface area contributed by atoms with Crippen molar-refractivity contribution in [1.82, 2.24) is 4.98 Å². The standard InChI is InChI=1S/C12H13ClN2/c13-10-5-6-14-12-11(10)9-4-2-1-3-8(9)7-15-12/h5-6H,1-4,7H2,(H,14,15). The molecule has 2 aliphatic rings. The van der Waals surface area contributed by atoms with Crippen LogP contribution in [0.3, 0.4) is 0 Å². The average Bonchev–Trinajstić information content (AvgIpc) is 2.29. The number of nitrogens with zero attached hydrogens (tertiary/aromatic N) is 1. The van der Waals surface area contributed by atoms with Crippen molar-refractivity contribution in [2.24, 2.45) is 0 Å². The molecule has 0 amide bonds. The largest absolute Gasteiger partial charge is 0.366 e. The molecule has 0 aromatic carbocycles. The zero-order valence-electron chi connectivity index (χ0n) is 8.52. The van der Waals surface area contributed by atoms with Crippen molar-refractivity contribution >= 4 is 23.0 Å². The van der Waals surface area contributed by atoms with Crippen molar-refractivity contribution in [3.8, 4) is 0 Å². The summed E-state index contributed by atoms with van der Waals surface area (Å²) in [4.78, 5) is 4.34. The third-order valence-electron chi connectivity index (χ3n) is 3.25. The summed E-state index contributed by atoms with van der Waals surface area (Å²) in [7, 11) is 0. The van der Waals surface area contributed by atoms with E-state index in [0.29, 0.717) is 0 Å². The van der Waals surface area contributed by atoms with Crippen molar-refractivity contribution in [2.45, 2.75) is 25.7 Å². The smallest absolute Gasteiger partial charge is 0.135 e. The number of halogens is 1. The molecule has 78 valence electrons. The number of allylic oxidation sites excluding steroid dienone is 1. The molecule has 1 aromatic rings. The summed E-state index contributed by atoms with van der Waals surface area (Å²) in [5.41, 5.74) is 4.14. The minimum atomic E-state index is 0.835. The monoisotopic (exact) mass is 220 g/mol. The van der Waals surface area contributed by atoms with E-state index >= 15 is 0 Å². The van der Waals surface area contributed by atoms with Crippen LogP contribution in [-0.4, -0.2) is 11.5 Å². The van der Waals surface area contributed by atoms with Gasteiger partial charge < -0.3 is 5.32 Å². The van der Waals surface area contributed by atoms with Crippen molar-refractivity contribution in [1.29, 1.82) is 0 Å². The Balaban J connectivity index is 2.19. The Bertz CT molecular complexity index is 437. The van der Waals surface area contributed by atoms with Gasteiger partial charge in [-0.15, -0.1) is 0 Å². The molecule has 0 radical (unpaired) electrons. The summed E-state index contributed by atoms with van der Waals surface area (Å²) in [6.45, 7) is 0.954. The van der Waals surface area contributed by atoms with Crippen LogP contribution in [0.2, 0.25) is 5.02 Å². The van der Waals surface area contributed by atoms with E-state index in [4.69, 9.17) is 11.6 Å². The highest BCUT2D eigenvalue weighted by atomic mass is 35.5. The molecular weight excluding hydrogens is 208 g/mol. The molecule has 0 spiro atoms. The van der Waals surface area contributed by atoms with E-state index < -0.39 is 0 Å². The molecule has 3 heteroatoms. The highest BCUT2D eigenvalue weighted by molar-refractivity contribution is 6.33. The fourth-order valence-corrected chi connectivity index (χ4v) is 2.77. The lowest BCUT2D eigenvalue weighted by atomic mass is 9.85. The number of rotatable bonds is 0. The predicted octanol–water partition coefficient (Wildman–Crippen LogP) is 3.49. The van der Waals surface area contributed by atoms with Crippen LogP contribution in [0.1, 0.15) is 31.2 Å². The second-order valence-corrected chi connectivity index (χ2v) is 4.57. The Hall–Kier alpha value is -1.02. The first-order valence-corrected chi connectivity index (χ1v) is 5.83. The van der Waals surface area contributed by atoms with E-state index in [1.165, 1.54) is 30.4 Å². The van der Waals surface area contributed by atoms with Crippen LogP contribution in [0.5, 0.6) is 0 Å². The molecule has 1 aliphatic heterocycles. The minimum absolute atomic E-state index is 0.835. The maximum atomic E-state index is 6.25. The molecule has 1 aromatic heterocycles. The van der Waals surface area contributed by atoms with Crippen LogP contribution in [0.15, 0.2) is 17.8 Å². The fraction of sp³-hybridized carbons (Fsp3) is 0.417. The van der Waals surface area contributed by atoms with Crippen molar-refractivity contribution < 1.29 is 0 Å². The highest BCUT2D eigenvalue weighted by Gasteiger charge is 2.23. The van der Waals surface area contributed by atoms with E-state index in [0.717, 1.165) is 29.4 Å². The van der Waals surface area contributed by atoms with Gasteiger partial charge >= 0.3 is 0 Å². The van der Waals surface area contributed by atoms with Crippen LogP contribution in [0.25, 0.3) is 5.57 Å². The Morgan fingerprint density at radius 1 is 1.27 bits per heavy atom. The van der Waals surface area contributed by atoms with Gasteiger partial charge in [0, 0.05) is 18.3 Å². The Morgan fingerprint density at radius 2 is 2.13 bits per heavy atom. The molecular formula is C12H13ClN2. The summed E-state index contributed by atoms with van der Waals surface area (Å²) in [5, 5.41) is 4.18. The number of hydrogen-bond acceptors (Lipinski definition) is 2. The Labute approximate surface area is 94.4 Å². The fourth-order valence-electron chi connectivity index (χ4n) is 2.51. The van der Waals surface area contributed by atoms with Gasteiger partial charge in [0.05, 0.1) is 5.02 Å². The van der Waals surface area contributed by atoms with Gasteiger partial charge in [-0.3, -0.25) is 0 Å². The van der Waals surface area contributed by atoms with Gasteiger partial charge in [0.2, 0.25) is 0 Å². The summed E-state index contributed by atoms with van der Waals surface area (Å²) in [6.07, 6.45) is 6.74. The molecule has 0 unspecified atom stereocenters. The van der Waals surface area contributed by atoms with Crippen molar-refractivity contribution in [2.75, 3.05) is 11.9 Å². The molecule has 15 heavy (non-hydrogen) atoms. The van der Waals surface area contributed by atoms with Crippen molar-refractivity contribution in [3.05, 3.63) is 28.4 Å². The zero-order chi connectivity index (χ0) is 10.3. The van der Waals surface area contributed by atoms with Crippen LogP contribution >= 0.6 is 11.6 Å². The second kappa shape index (κ2) is 3.53. The lowest BCUT2D eigenvalue weighted by Gasteiger charge is -2.28. The molecule has 1 N–H and O–H groups in total. The lowest BCUT2D eigenvalue weighted by molar-refractivity contribution is 0.703. The molecule has 0 saturated heterocycles. The van der Waals surface area contributed by atoms with Gasteiger partial charge in [-0.05, 0) is 42.9 Å². The first kappa shape index (κ1) is 9.22. The molecule has 0 fully saturated rings. The van der Waals surface area contributed by atoms with Crippen molar-refractivity contribution in [3.63, 3.8) is 0 Å². The summed E-state index contributed by atoms with van der Waals surface area (Å²) >= 11 is 6.25. The van der Waals surface area contributed by atoms with E-state index in [1.807, 2.05) is 6.07 Å². The molecule has 0 saturated carbocycles. The van der Waals surface area contributed by atoms with Gasteiger partial charge in [0.25, 0.3) is 0 Å². The van der Waals surface area contributed by atoms with Gasteiger partial charge in [0.15, 0.2) is 0 Å². The summed E-state index contributed by atoms with van der Waals surface area (Å²) < 4.78 is 0. The normalized spacial score (nSPS) is 19.3. The van der Waals surface area contributed by atoms with E-state index in [9.17, 15) is 0 Å². The molecule has 3 rings (SSSR count). The lowest BCUT2D eigenvalue weighted by Crippen LogP contribution is -2.18. The number of anilines is 1. The van der Waals surface area contributed by atoms with Gasteiger partial charge in [0.1, 0.15) is 5.82 Å². The van der Waals surface area contributed by atoms with Crippen LogP contribution in [-0.2, 0) is 0 Å². The van der Waals surface area contributed by atoms with Crippen LogP contribution in [0.4, 0.5) is 5.82 Å². The topological polar surface area (TPSA) is 24.9 Å². The number of pyridine rings is 1. The van der Waals surface area contributed by atoms with E-state index in [-0.39, 0.29) is 0 Å². The molecule has 2 nitrogen and oxygen atoms in total. The summed E-state index contributed by atoms with van der Waals surface area (Å²) in [6, 6.07) is 1.88. The number of fused-ring (bicyclic) bond motifs is 2. The van der Waals surface area contributed by atoms with E-state index in [1.54, 1.807) is 6.20 Å². The van der Waals surface area contributed by atoms with Gasteiger partial charge in [-0.25, -0.2) is 4.98 Å². The van der Waals surface area contributed by atoms with Gasteiger partial charge in [-0.2, -0.15) is 0 Å². The quantitative estimate of drug-likeness (QED) is 0.724. The maximum absolute atomic E-state index is 6.25. The number of nitrogens with one attached hydrogen (secondary N) is 1. The van der Waals surface area contributed by atoms with Crippen LogP contribution < -0.4 is 5.32 Å². The second-order valence-electron chi connectivity index (χ2n) is 4.16. The highest BCUT2D eigenvalue weighted by Crippen LogP contribution is 2.41. The molecule has 0 atom stereocenters. The first-order valence-electron chi connectivity index (χ1n) is 5.46. The average molecular weight is 221 g/mol. The third kappa shape index (κ3) is 1.44. The van der Waals surface area contributed by atoms with Crippen LogP contribution in [0, 0.1) is 0 Å². The SMILES string of the molecule is Clc1ccnc2c1C1=C(CCCC1)CN2. The Morgan fingerprint density at radius 3 is 3.07 bits per heavy atom. The predicted molar refractivity (Wildman–Crippen MR) is 63.1 cm³/mol. The summed E-state index contributed by atoms with van der Waals surface area (Å²) in [5.74, 6) is 0.961. The maximum Gasteiger partial charge on any atom is 0.135 e. The third-order valence-corrected chi connectivity index (χ3v) is 3.57. The number of hydrogen-bond donors (Lipinski definition) is 1. The molecule has 2 heterocycles. The van der Waals surface area contributed by atoms with E-state index in [2.05, 4.69) is 10.3 Å². The first-order chi connectivity index (χ1) is 7.36.